The SMILES string of the molecule is CCCCCCCCCCCCCCCC/C=C\CCCCCCCCCCCCCCCCCCCC(=O)NC(CO)C(O)C(O)CCC/C=C/CCCCCCCCCCCCCCCCCCCCC. The van der Waals surface area contributed by atoms with Gasteiger partial charge >= 0.3 is 0 Å². The van der Waals surface area contributed by atoms with Crippen molar-refractivity contribution < 1.29 is 20.1 Å². The van der Waals surface area contributed by atoms with Gasteiger partial charge in [0.15, 0.2) is 0 Å². The molecule has 0 aromatic rings. The summed E-state index contributed by atoms with van der Waals surface area (Å²) in [6.45, 7) is 4.22. The van der Waals surface area contributed by atoms with Crippen molar-refractivity contribution in [1.29, 1.82) is 0 Å². The second-order valence-electron chi connectivity index (χ2n) is 23.4. The van der Waals surface area contributed by atoms with Gasteiger partial charge in [-0.3, -0.25) is 4.79 Å². The highest BCUT2D eigenvalue weighted by molar-refractivity contribution is 5.76. The van der Waals surface area contributed by atoms with Gasteiger partial charge in [0.1, 0.15) is 6.10 Å². The first-order valence-electron chi connectivity index (χ1n) is 33.6. The van der Waals surface area contributed by atoms with Crippen LogP contribution in [0, 0.1) is 0 Å². The van der Waals surface area contributed by atoms with E-state index in [1.165, 1.54) is 315 Å². The van der Waals surface area contributed by atoms with Gasteiger partial charge in [-0.2, -0.15) is 0 Å². The zero-order valence-electron chi connectivity index (χ0n) is 49.8. The van der Waals surface area contributed by atoms with Crippen LogP contribution >= 0.6 is 0 Å². The van der Waals surface area contributed by atoms with E-state index in [1.54, 1.807) is 0 Å². The molecule has 0 saturated carbocycles. The number of aliphatic hydroxyl groups is 3. The fraction of sp³-hybridized carbons (Fsp3) is 0.926. The maximum Gasteiger partial charge on any atom is 0.220 e. The average molecular weight is 1030 g/mol. The predicted molar refractivity (Wildman–Crippen MR) is 324 cm³/mol. The summed E-state index contributed by atoms with van der Waals surface area (Å²) in [4.78, 5) is 12.6. The Balaban J connectivity index is 3.48. The van der Waals surface area contributed by atoms with Gasteiger partial charge in [0.05, 0.1) is 18.8 Å². The van der Waals surface area contributed by atoms with E-state index < -0.39 is 18.2 Å². The summed E-state index contributed by atoms with van der Waals surface area (Å²) in [7, 11) is 0. The summed E-state index contributed by atoms with van der Waals surface area (Å²) in [5, 5.41) is 33.9. The molecule has 3 unspecified atom stereocenters. The molecule has 0 heterocycles. The number of hydrogen-bond acceptors (Lipinski definition) is 4. The number of carbonyl (C=O) groups excluding carboxylic acids is 1. The van der Waals surface area contributed by atoms with Crippen LogP contribution in [-0.4, -0.2) is 46.1 Å². The molecular weight excluding hydrogens is 895 g/mol. The monoisotopic (exact) mass is 1030 g/mol. The van der Waals surface area contributed by atoms with E-state index in [2.05, 4.69) is 43.5 Å². The molecule has 5 nitrogen and oxygen atoms in total. The van der Waals surface area contributed by atoms with Gasteiger partial charge in [-0.1, -0.05) is 334 Å². The quantitative estimate of drug-likeness (QED) is 0.0361. The van der Waals surface area contributed by atoms with Crippen LogP contribution in [0.15, 0.2) is 24.3 Å². The fourth-order valence-electron chi connectivity index (χ4n) is 10.9. The molecular formula is C68H133NO4. The summed E-state index contributed by atoms with van der Waals surface area (Å²) in [5.74, 6) is -0.147. The molecule has 5 heteroatoms. The Morgan fingerprint density at radius 1 is 0.329 bits per heavy atom. The molecule has 1 amide bonds. The molecule has 0 radical (unpaired) electrons. The Morgan fingerprint density at radius 2 is 0.548 bits per heavy atom. The molecule has 0 aliphatic rings. The van der Waals surface area contributed by atoms with E-state index in [0.717, 1.165) is 38.5 Å². The van der Waals surface area contributed by atoms with E-state index >= 15 is 0 Å². The number of hydrogen-bond donors (Lipinski definition) is 4. The van der Waals surface area contributed by atoms with Crippen molar-refractivity contribution in [1.82, 2.24) is 5.32 Å². The molecule has 0 aromatic heterocycles. The Labute approximate surface area is 458 Å². The first kappa shape index (κ1) is 71.8. The maximum atomic E-state index is 12.6. The van der Waals surface area contributed by atoms with Crippen molar-refractivity contribution in [2.24, 2.45) is 0 Å². The summed E-state index contributed by atoms with van der Waals surface area (Å²) >= 11 is 0. The normalized spacial score (nSPS) is 13.2. The largest absolute Gasteiger partial charge is 0.394 e. The van der Waals surface area contributed by atoms with Crippen LogP contribution in [0.25, 0.3) is 0 Å². The average Bonchev–Trinajstić information content (AvgIpc) is 3.40. The van der Waals surface area contributed by atoms with Crippen molar-refractivity contribution in [3.63, 3.8) is 0 Å². The number of carbonyl (C=O) groups is 1. The third kappa shape index (κ3) is 58.4. The Bertz CT molecular complexity index is 1090. The number of nitrogens with one attached hydrogen (secondary N) is 1. The zero-order chi connectivity index (χ0) is 52.9. The van der Waals surface area contributed by atoms with Crippen LogP contribution in [0.5, 0.6) is 0 Å². The van der Waals surface area contributed by atoms with Crippen LogP contribution in [0.4, 0.5) is 0 Å². The van der Waals surface area contributed by atoms with Crippen LogP contribution in [0.3, 0.4) is 0 Å². The van der Waals surface area contributed by atoms with E-state index in [0.29, 0.717) is 12.8 Å². The number of rotatable bonds is 63. The standard InChI is InChI=1S/C68H133NO4/c1-3-5-7-9-11-13-15-17-19-21-23-25-27-29-30-31-32-33-34-35-36-37-38-39-41-43-45-47-49-51-53-55-57-59-61-63-67(72)69-65(64-70)68(73)66(71)62-60-58-56-54-52-50-48-46-44-42-40-28-26-24-22-20-18-16-14-12-10-8-6-4-2/h31-32,54,56,65-66,68,70-71,73H,3-30,33-53,55,57-64H2,1-2H3,(H,69,72)/b32-31-,56-54+. The summed E-state index contributed by atoms with van der Waals surface area (Å²) in [6.07, 6.45) is 82.5. The van der Waals surface area contributed by atoms with Crippen molar-refractivity contribution >= 4 is 5.91 Å². The Hall–Kier alpha value is -1.17. The molecule has 0 spiro atoms. The highest BCUT2D eigenvalue weighted by atomic mass is 16.3. The first-order chi connectivity index (χ1) is 36.1. The lowest BCUT2D eigenvalue weighted by Gasteiger charge is -2.26. The fourth-order valence-corrected chi connectivity index (χ4v) is 10.9. The molecule has 0 saturated heterocycles. The van der Waals surface area contributed by atoms with Gasteiger partial charge < -0.3 is 20.6 Å². The van der Waals surface area contributed by atoms with Gasteiger partial charge in [0.25, 0.3) is 0 Å². The summed E-state index contributed by atoms with van der Waals surface area (Å²) in [5.41, 5.74) is 0. The van der Waals surface area contributed by atoms with Crippen molar-refractivity contribution in [3.05, 3.63) is 24.3 Å². The molecule has 434 valence electrons. The molecule has 0 rings (SSSR count). The second kappa shape index (κ2) is 63.4. The van der Waals surface area contributed by atoms with Gasteiger partial charge in [-0.25, -0.2) is 0 Å². The van der Waals surface area contributed by atoms with E-state index in [9.17, 15) is 20.1 Å². The predicted octanol–water partition coefficient (Wildman–Crippen LogP) is 21.6. The van der Waals surface area contributed by atoms with Crippen molar-refractivity contribution in [2.75, 3.05) is 6.61 Å². The first-order valence-corrected chi connectivity index (χ1v) is 33.6. The molecule has 3 atom stereocenters. The van der Waals surface area contributed by atoms with E-state index in [-0.39, 0.29) is 12.5 Å². The lowest BCUT2D eigenvalue weighted by atomic mass is 10.0. The minimum atomic E-state index is -1.16. The number of unbranched alkanes of at least 4 members (excludes halogenated alkanes) is 51. The maximum absolute atomic E-state index is 12.6. The van der Waals surface area contributed by atoms with E-state index in [4.69, 9.17) is 0 Å². The van der Waals surface area contributed by atoms with Crippen LogP contribution in [0.2, 0.25) is 0 Å². The molecule has 0 aliphatic carbocycles. The summed E-state index contributed by atoms with van der Waals surface area (Å²) in [6, 6.07) is -0.825. The second-order valence-corrected chi connectivity index (χ2v) is 23.4. The highest BCUT2D eigenvalue weighted by Crippen LogP contribution is 2.19. The lowest BCUT2D eigenvalue weighted by Crippen LogP contribution is -2.50. The van der Waals surface area contributed by atoms with Gasteiger partial charge in [-0.05, 0) is 64.2 Å². The molecule has 73 heavy (non-hydrogen) atoms. The Kier molecular flexibility index (Phi) is 62.3. The third-order valence-electron chi connectivity index (χ3n) is 16.0. The summed E-state index contributed by atoms with van der Waals surface area (Å²) < 4.78 is 0. The molecule has 0 bridgehead atoms. The lowest BCUT2D eigenvalue weighted by molar-refractivity contribution is -0.124. The minimum absolute atomic E-state index is 0.147. The number of aliphatic hydroxyl groups excluding tert-OH is 3. The molecule has 0 aromatic carbocycles. The molecule has 4 N–H and O–H groups in total. The van der Waals surface area contributed by atoms with Gasteiger partial charge in [0, 0.05) is 6.42 Å². The van der Waals surface area contributed by atoms with Crippen LogP contribution in [0.1, 0.15) is 380 Å². The third-order valence-corrected chi connectivity index (χ3v) is 16.0. The van der Waals surface area contributed by atoms with Gasteiger partial charge in [-0.15, -0.1) is 0 Å². The van der Waals surface area contributed by atoms with Crippen molar-refractivity contribution in [3.8, 4) is 0 Å². The number of amides is 1. The topological polar surface area (TPSA) is 89.8 Å². The van der Waals surface area contributed by atoms with E-state index in [1.807, 2.05) is 0 Å². The van der Waals surface area contributed by atoms with Crippen LogP contribution < -0.4 is 5.32 Å². The molecule has 0 aliphatic heterocycles. The smallest absolute Gasteiger partial charge is 0.220 e. The highest BCUT2D eigenvalue weighted by Gasteiger charge is 2.26. The molecule has 0 fully saturated rings. The van der Waals surface area contributed by atoms with Gasteiger partial charge in [0.2, 0.25) is 5.91 Å². The van der Waals surface area contributed by atoms with Crippen LogP contribution in [-0.2, 0) is 4.79 Å². The minimum Gasteiger partial charge on any atom is -0.394 e. The van der Waals surface area contributed by atoms with Crippen molar-refractivity contribution in [2.45, 2.75) is 398 Å². The number of allylic oxidation sites excluding steroid dienone is 4. The Morgan fingerprint density at radius 3 is 0.795 bits per heavy atom. The zero-order valence-corrected chi connectivity index (χ0v) is 49.8.